The molecule has 0 radical (unpaired) electrons. The van der Waals surface area contributed by atoms with E-state index in [2.05, 4.69) is 46.6 Å². The number of aryl methyl sites for hydroxylation is 2. The summed E-state index contributed by atoms with van der Waals surface area (Å²) in [6.45, 7) is 4.84. The Morgan fingerprint density at radius 1 is 1.00 bits per heavy atom. The molecule has 3 aromatic rings. The molecule has 0 saturated carbocycles. The lowest BCUT2D eigenvalue weighted by Gasteiger charge is -2.11. The van der Waals surface area contributed by atoms with Gasteiger partial charge in [0.15, 0.2) is 0 Å². The SMILES string of the molecule is COc1ccc(CNc2ccnc(Nc3ccc(C)cc3C)n2)cc1. The summed E-state index contributed by atoms with van der Waals surface area (Å²) in [5, 5.41) is 6.59. The van der Waals surface area contributed by atoms with Crippen molar-refractivity contribution in [2.24, 2.45) is 0 Å². The average Bonchev–Trinajstić information content (AvgIpc) is 2.63. The van der Waals surface area contributed by atoms with Gasteiger partial charge in [0.1, 0.15) is 11.6 Å². The summed E-state index contributed by atoms with van der Waals surface area (Å²) >= 11 is 0. The van der Waals surface area contributed by atoms with Crippen LogP contribution in [0.5, 0.6) is 5.75 Å². The molecule has 0 fully saturated rings. The van der Waals surface area contributed by atoms with Crippen LogP contribution in [0.4, 0.5) is 17.5 Å². The molecule has 5 heteroatoms. The molecule has 5 nitrogen and oxygen atoms in total. The largest absolute Gasteiger partial charge is 0.497 e. The summed E-state index contributed by atoms with van der Waals surface area (Å²) in [5.41, 5.74) is 4.57. The lowest BCUT2D eigenvalue weighted by atomic mass is 10.1. The lowest BCUT2D eigenvalue weighted by molar-refractivity contribution is 0.414. The number of hydrogen-bond acceptors (Lipinski definition) is 5. The van der Waals surface area contributed by atoms with Gasteiger partial charge >= 0.3 is 0 Å². The first kappa shape index (κ1) is 16.8. The third-order valence-corrected chi connectivity index (χ3v) is 3.92. The van der Waals surface area contributed by atoms with Gasteiger partial charge in [0.25, 0.3) is 0 Å². The zero-order valence-electron chi connectivity index (χ0n) is 14.7. The molecule has 25 heavy (non-hydrogen) atoms. The first-order chi connectivity index (χ1) is 12.1. The second-order valence-corrected chi connectivity index (χ2v) is 5.91. The molecule has 3 rings (SSSR count). The number of nitrogens with one attached hydrogen (secondary N) is 2. The molecule has 128 valence electrons. The van der Waals surface area contributed by atoms with Crippen LogP contribution >= 0.6 is 0 Å². The normalized spacial score (nSPS) is 10.4. The highest BCUT2D eigenvalue weighted by Gasteiger charge is 2.03. The maximum atomic E-state index is 5.17. The Labute approximate surface area is 148 Å². The molecular weight excluding hydrogens is 312 g/mol. The van der Waals surface area contributed by atoms with E-state index >= 15 is 0 Å². The zero-order valence-corrected chi connectivity index (χ0v) is 14.7. The van der Waals surface area contributed by atoms with E-state index in [1.165, 1.54) is 11.1 Å². The zero-order chi connectivity index (χ0) is 17.6. The van der Waals surface area contributed by atoms with Crippen LogP contribution in [0, 0.1) is 13.8 Å². The summed E-state index contributed by atoms with van der Waals surface area (Å²) in [7, 11) is 1.67. The van der Waals surface area contributed by atoms with Crippen LogP contribution in [0.15, 0.2) is 54.7 Å². The number of hydrogen-bond donors (Lipinski definition) is 2. The minimum atomic E-state index is 0.576. The molecule has 0 saturated heterocycles. The highest BCUT2D eigenvalue weighted by atomic mass is 16.5. The Morgan fingerprint density at radius 2 is 1.80 bits per heavy atom. The topological polar surface area (TPSA) is 59.1 Å². The van der Waals surface area contributed by atoms with E-state index in [0.717, 1.165) is 22.8 Å². The third kappa shape index (κ3) is 4.47. The molecule has 0 bridgehead atoms. The number of nitrogens with zero attached hydrogens (tertiary/aromatic N) is 2. The average molecular weight is 334 g/mol. The van der Waals surface area contributed by atoms with Gasteiger partial charge in [0, 0.05) is 18.4 Å². The van der Waals surface area contributed by atoms with Gasteiger partial charge in [-0.05, 0) is 49.2 Å². The summed E-state index contributed by atoms with van der Waals surface area (Å²) in [6, 6.07) is 16.1. The van der Waals surface area contributed by atoms with E-state index < -0.39 is 0 Å². The fourth-order valence-corrected chi connectivity index (χ4v) is 2.53. The van der Waals surface area contributed by atoms with Crippen LogP contribution in [-0.2, 0) is 6.54 Å². The molecule has 0 atom stereocenters. The van der Waals surface area contributed by atoms with Crippen molar-refractivity contribution >= 4 is 17.5 Å². The van der Waals surface area contributed by atoms with Gasteiger partial charge in [0.2, 0.25) is 5.95 Å². The second kappa shape index (κ2) is 7.66. The quantitative estimate of drug-likeness (QED) is 0.697. The number of rotatable bonds is 6. The van der Waals surface area contributed by atoms with Crippen LogP contribution in [0.1, 0.15) is 16.7 Å². The number of benzene rings is 2. The molecule has 0 aliphatic heterocycles. The lowest BCUT2D eigenvalue weighted by Crippen LogP contribution is -2.04. The van der Waals surface area contributed by atoms with Gasteiger partial charge in [-0.3, -0.25) is 0 Å². The molecule has 2 N–H and O–H groups in total. The van der Waals surface area contributed by atoms with Gasteiger partial charge in [0.05, 0.1) is 7.11 Å². The van der Waals surface area contributed by atoms with Gasteiger partial charge in [-0.1, -0.05) is 29.8 Å². The Balaban J connectivity index is 1.66. The third-order valence-electron chi connectivity index (χ3n) is 3.92. The van der Waals surface area contributed by atoms with Gasteiger partial charge < -0.3 is 15.4 Å². The standard InChI is InChI=1S/C20H22N4O/c1-14-4-9-18(15(2)12-14)23-20-21-11-10-19(24-20)22-13-16-5-7-17(25-3)8-6-16/h4-12H,13H2,1-3H3,(H2,21,22,23,24). The van der Waals surface area contributed by atoms with E-state index in [4.69, 9.17) is 4.74 Å². The Hall–Kier alpha value is -3.08. The van der Waals surface area contributed by atoms with Crippen LogP contribution in [0.25, 0.3) is 0 Å². The first-order valence-corrected chi connectivity index (χ1v) is 8.18. The monoisotopic (exact) mass is 334 g/mol. The second-order valence-electron chi connectivity index (χ2n) is 5.91. The summed E-state index contributed by atoms with van der Waals surface area (Å²) < 4.78 is 5.17. The van der Waals surface area contributed by atoms with Crippen molar-refractivity contribution in [3.8, 4) is 5.75 Å². The highest BCUT2D eigenvalue weighted by molar-refractivity contribution is 5.59. The van der Waals surface area contributed by atoms with Crippen molar-refractivity contribution in [2.75, 3.05) is 17.7 Å². The highest BCUT2D eigenvalue weighted by Crippen LogP contribution is 2.20. The maximum Gasteiger partial charge on any atom is 0.229 e. The summed E-state index contributed by atoms with van der Waals surface area (Å²) in [5.74, 6) is 2.20. The fraction of sp³-hybridized carbons (Fsp3) is 0.200. The maximum absolute atomic E-state index is 5.17. The molecule has 2 aromatic carbocycles. The predicted molar refractivity (Wildman–Crippen MR) is 102 cm³/mol. The minimum Gasteiger partial charge on any atom is -0.497 e. The molecule has 0 unspecified atom stereocenters. The molecule has 0 aliphatic rings. The van der Waals surface area contributed by atoms with E-state index in [-0.39, 0.29) is 0 Å². The molecule has 0 spiro atoms. The van der Waals surface area contributed by atoms with E-state index in [1.807, 2.05) is 36.4 Å². The van der Waals surface area contributed by atoms with E-state index in [1.54, 1.807) is 13.3 Å². The first-order valence-electron chi connectivity index (χ1n) is 8.18. The van der Waals surface area contributed by atoms with Gasteiger partial charge in [-0.25, -0.2) is 4.98 Å². The molecule has 1 heterocycles. The molecule has 0 amide bonds. The summed E-state index contributed by atoms with van der Waals surface area (Å²) in [6.07, 6.45) is 1.75. The smallest absolute Gasteiger partial charge is 0.229 e. The Bertz CT molecular complexity index is 847. The number of methoxy groups -OCH3 is 1. The van der Waals surface area contributed by atoms with Gasteiger partial charge in [-0.15, -0.1) is 0 Å². The Kier molecular flexibility index (Phi) is 5.14. The predicted octanol–water partition coefficient (Wildman–Crippen LogP) is 4.46. The van der Waals surface area contributed by atoms with Crippen LogP contribution in [-0.4, -0.2) is 17.1 Å². The Morgan fingerprint density at radius 3 is 2.52 bits per heavy atom. The number of anilines is 3. The van der Waals surface area contributed by atoms with E-state index in [0.29, 0.717) is 12.5 Å². The van der Waals surface area contributed by atoms with Crippen molar-refractivity contribution in [1.29, 1.82) is 0 Å². The summed E-state index contributed by atoms with van der Waals surface area (Å²) in [4.78, 5) is 8.82. The number of aromatic nitrogens is 2. The van der Waals surface area contributed by atoms with Gasteiger partial charge in [-0.2, -0.15) is 4.98 Å². The van der Waals surface area contributed by atoms with Crippen molar-refractivity contribution in [2.45, 2.75) is 20.4 Å². The van der Waals surface area contributed by atoms with E-state index in [9.17, 15) is 0 Å². The minimum absolute atomic E-state index is 0.576. The molecule has 0 aliphatic carbocycles. The molecule has 1 aromatic heterocycles. The van der Waals surface area contributed by atoms with Crippen molar-refractivity contribution in [1.82, 2.24) is 9.97 Å². The fourth-order valence-electron chi connectivity index (χ4n) is 2.53. The van der Waals surface area contributed by atoms with Crippen LogP contribution in [0.3, 0.4) is 0 Å². The van der Waals surface area contributed by atoms with Crippen molar-refractivity contribution in [3.05, 3.63) is 71.4 Å². The van der Waals surface area contributed by atoms with Crippen LogP contribution in [0.2, 0.25) is 0 Å². The van der Waals surface area contributed by atoms with Crippen molar-refractivity contribution in [3.63, 3.8) is 0 Å². The molecular formula is C20H22N4O. The number of ether oxygens (including phenoxy) is 1. The van der Waals surface area contributed by atoms with Crippen molar-refractivity contribution < 1.29 is 4.74 Å². The van der Waals surface area contributed by atoms with Crippen LogP contribution < -0.4 is 15.4 Å².